The van der Waals surface area contributed by atoms with Crippen LogP contribution in [0.4, 0.5) is 0 Å². The van der Waals surface area contributed by atoms with Crippen molar-refractivity contribution in [2.45, 2.75) is 0 Å². The van der Waals surface area contributed by atoms with Crippen molar-refractivity contribution in [1.29, 1.82) is 0 Å². The maximum Gasteiger partial charge on any atom is 0.335 e. The van der Waals surface area contributed by atoms with E-state index in [-0.39, 0.29) is 11.6 Å². The smallest absolute Gasteiger partial charge is 0.335 e. The summed E-state index contributed by atoms with van der Waals surface area (Å²) in [5.41, 5.74) is -0.0185. The third-order valence-corrected chi connectivity index (χ3v) is 0.852. The molecule has 3 nitrogen and oxygen atoms in total. The van der Waals surface area contributed by atoms with E-state index >= 15 is 0 Å². The molecule has 0 aliphatic heterocycles. The molecule has 9 heavy (non-hydrogen) atoms. The molecule has 0 aliphatic rings. The van der Waals surface area contributed by atoms with Crippen molar-refractivity contribution in [2.24, 2.45) is 0 Å². The first-order chi connectivity index (χ1) is 4.72. The van der Waals surface area contributed by atoms with Crippen LogP contribution in [0, 0.1) is 0 Å². The second-order valence-corrected chi connectivity index (χ2v) is 1.46. The standard InChI is InChI=1S/C6H5NO2/c8-6(9)5-1-3-7-4-2-5/h1-4H,(H,8,9)/i1D. The highest BCUT2D eigenvalue weighted by atomic mass is 16.4. The molecule has 0 atom stereocenters. The van der Waals surface area contributed by atoms with E-state index in [0.29, 0.717) is 0 Å². The number of hydrogen-bond donors (Lipinski definition) is 1. The first kappa shape index (κ1) is 4.49. The molecule has 0 aliphatic carbocycles. The zero-order chi connectivity index (χ0) is 7.56. The molecule has 0 unspecified atom stereocenters. The fourth-order valence-electron chi connectivity index (χ4n) is 0.449. The maximum absolute atomic E-state index is 10.3. The molecular formula is C6H5NO2. The summed E-state index contributed by atoms with van der Waals surface area (Å²) in [5.74, 6) is -1.09. The summed E-state index contributed by atoms with van der Waals surface area (Å²) < 4.78 is 7.06. The van der Waals surface area contributed by atoms with Crippen molar-refractivity contribution in [1.82, 2.24) is 4.98 Å². The molecule has 1 aromatic heterocycles. The van der Waals surface area contributed by atoms with Crippen LogP contribution in [0.1, 0.15) is 11.7 Å². The topological polar surface area (TPSA) is 50.2 Å². The van der Waals surface area contributed by atoms with Crippen LogP contribution in [0.2, 0.25) is 0 Å². The largest absolute Gasteiger partial charge is 0.478 e. The van der Waals surface area contributed by atoms with Crippen LogP contribution in [-0.4, -0.2) is 16.1 Å². The second kappa shape index (κ2) is 2.26. The molecule has 0 amide bonds. The molecule has 0 spiro atoms. The van der Waals surface area contributed by atoms with Gasteiger partial charge in [0.25, 0.3) is 0 Å². The monoisotopic (exact) mass is 124 g/mol. The van der Waals surface area contributed by atoms with Crippen LogP contribution < -0.4 is 0 Å². The molecule has 0 saturated heterocycles. The predicted octanol–water partition coefficient (Wildman–Crippen LogP) is 0.780. The molecular weight excluding hydrogens is 118 g/mol. The lowest BCUT2D eigenvalue weighted by Gasteiger charge is -1.87. The molecule has 1 N–H and O–H groups in total. The summed E-state index contributed by atoms with van der Waals surface area (Å²) in [6, 6.07) is 1.24. The minimum Gasteiger partial charge on any atom is -0.478 e. The van der Waals surface area contributed by atoms with Crippen LogP contribution >= 0.6 is 0 Å². The molecule has 1 rings (SSSR count). The Morgan fingerprint density at radius 2 is 2.56 bits per heavy atom. The van der Waals surface area contributed by atoms with Crippen LogP contribution in [-0.2, 0) is 0 Å². The third-order valence-electron chi connectivity index (χ3n) is 0.852. The van der Waals surface area contributed by atoms with E-state index in [2.05, 4.69) is 4.98 Å². The molecule has 0 radical (unpaired) electrons. The first-order valence-corrected chi connectivity index (χ1v) is 2.35. The zero-order valence-electron chi connectivity index (χ0n) is 5.53. The lowest BCUT2D eigenvalue weighted by molar-refractivity contribution is 0.0697. The van der Waals surface area contributed by atoms with Crippen molar-refractivity contribution < 1.29 is 11.3 Å². The van der Waals surface area contributed by atoms with Crippen molar-refractivity contribution in [3.63, 3.8) is 0 Å². The number of nitrogens with zero attached hydrogens (tertiary/aromatic N) is 1. The lowest BCUT2D eigenvalue weighted by Crippen LogP contribution is -1.94. The number of hydrogen-bond acceptors (Lipinski definition) is 2. The van der Waals surface area contributed by atoms with E-state index in [0.717, 1.165) is 0 Å². The second-order valence-electron chi connectivity index (χ2n) is 1.46. The van der Waals surface area contributed by atoms with Gasteiger partial charge in [-0.05, 0) is 12.1 Å². The quantitative estimate of drug-likeness (QED) is 0.601. The molecule has 0 aromatic carbocycles. The number of aromatic carboxylic acids is 1. The van der Waals surface area contributed by atoms with Gasteiger partial charge in [0, 0.05) is 12.4 Å². The van der Waals surface area contributed by atoms with Gasteiger partial charge in [0.1, 0.15) is 0 Å². The van der Waals surface area contributed by atoms with E-state index < -0.39 is 5.97 Å². The molecule has 3 heteroatoms. The number of carbonyl (C=O) groups is 1. The van der Waals surface area contributed by atoms with Gasteiger partial charge in [-0.2, -0.15) is 0 Å². The number of carboxylic acid groups (broad SMARTS) is 1. The number of rotatable bonds is 1. The summed E-state index contributed by atoms with van der Waals surface area (Å²) in [4.78, 5) is 13.9. The molecule has 46 valence electrons. The van der Waals surface area contributed by atoms with Gasteiger partial charge in [-0.3, -0.25) is 4.98 Å². The number of aromatic nitrogens is 1. The maximum atomic E-state index is 10.3. The molecule has 0 bridgehead atoms. The van der Waals surface area contributed by atoms with Gasteiger partial charge in [0.05, 0.1) is 6.93 Å². The fourth-order valence-corrected chi connectivity index (χ4v) is 0.449. The Bertz CT molecular complexity index is 262. The molecule has 1 aromatic rings. The predicted molar refractivity (Wildman–Crippen MR) is 31.2 cm³/mol. The van der Waals surface area contributed by atoms with E-state index in [1.165, 1.54) is 18.5 Å². The zero-order valence-corrected chi connectivity index (χ0v) is 4.53. The van der Waals surface area contributed by atoms with E-state index in [4.69, 9.17) is 6.48 Å². The van der Waals surface area contributed by atoms with E-state index in [1.807, 2.05) is 0 Å². The minimum absolute atomic E-state index is 0.0185. The van der Waals surface area contributed by atoms with E-state index in [1.54, 1.807) is 0 Å². The Morgan fingerprint density at radius 1 is 1.78 bits per heavy atom. The Labute approximate surface area is 53.4 Å². The van der Waals surface area contributed by atoms with E-state index in [9.17, 15) is 4.79 Å². The number of pyridine rings is 1. The average Bonchev–Trinajstić information content (AvgIpc) is 1.88. The Balaban J connectivity index is 3.15. The van der Waals surface area contributed by atoms with Gasteiger partial charge in [-0.1, -0.05) is 0 Å². The van der Waals surface area contributed by atoms with Gasteiger partial charge in [-0.15, -0.1) is 0 Å². The molecule has 1 heterocycles. The molecule has 0 fully saturated rings. The van der Waals surface area contributed by atoms with Crippen LogP contribution in [0.25, 0.3) is 0 Å². The normalized spacial score (nSPS) is 10.4. The van der Waals surface area contributed by atoms with Crippen molar-refractivity contribution in [3.05, 3.63) is 30.1 Å². The highest BCUT2D eigenvalue weighted by Crippen LogP contribution is 1.93. The molecule has 0 saturated carbocycles. The van der Waals surface area contributed by atoms with Gasteiger partial charge in [0.2, 0.25) is 0 Å². The van der Waals surface area contributed by atoms with Gasteiger partial charge in [-0.25, -0.2) is 4.79 Å². The van der Waals surface area contributed by atoms with Gasteiger partial charge < -0.3 is 5.11 Å². The van der Waals surface area contributed by atoms with Crippen LogP contribution in [0.15, 0.2) is 24.5 Å². The highest BCUT2D eigenvalue weighted by Gasteiger charge is 1.97. The van der Waals surface area contributed by atoms with Gasteiger partial charge >= 0.3 is 5.97 Å². The Hall–Kier alpha value is -1.38. The lowest BCUT2D eigenvalue weighted by atomic mass is 10.3. The summed E-state index contributed by atoms with van der Waals surface area (Å²) in [5, 5.41) is 8.42. The summed E-state index contributed by atoms with van der Waals surface area (Å²) in [6.07, 6.45) is 2.55. The van der Waals surface area contributed by atoms with Crippen LogP contribution in [0.5, 0.6) is 0 Å². The Kier molecular flexibility index (Phi) is 1.13. The third kappa shape index (κ3) is 1.25. The average molecular weight is 124 g/mol. The fraction of sp³-hybridized carbons (Fsp3) is 0. The minimum atomic E-state index is -1.09. The highest BCUT2D eigenvalue weighted by molar-refractivity contribution is 5.87. The Morgan fingerprint density at radius 3 is 3.00 bits per heavy atom. The SMILES string of the molecule is [2H]c1cnccc1C(=O)O. The van der Waals surface area contributed by atoms with Crippen molar-refractivity contribution in [3.8, 4) is 0 Å². The summed E-state index contributed by atoms with van der Waals surface area (Å²) in [7, 11) is 0. The van der Waals surface area contributed by atoms with Crippen molar-refractivity contribution >= 4 is 5.97 Å². The van der Waals surface area contributed by atoms with Crippen LogP contribution in [0.3, 0.4) is 0 Å². The summed E-state index contributed by atoms with van der Waals surface area (Å²) in [6.45, 7) is 0. The van der Waals surface area contributed by atoms with Crippen molar-refractivity contribution in [2.75, 3.05) is 0 Å². The van der Waals surface area contributed by atoms with Gasteiger partial charge in [0.15, 0.2) is 0 Å². The first-order valence-electron chi connectivity index (χ1n) is 2.85. The number of carboxylic acids is 1. The summed E-state index contributed by atoms with van der Waals surface area (Å²) >= 11 is 0.